The molecule has 1 aromatic rings. The Bertz CT molecular complexity index is 557. The van der Waals surface area contributed by atoms with E-state index in [9.17, 15) is 9.59 Å². The lowest BCUT2D eigenvalue weighted by atomic mass is 10.1. The van der Waals surface area contributed by atoms with Crippen LogP contribution in [0.2, 0.25) is 0 Å². The maximum atomic E-state index is 12.0. The number of carbonyl (C=O) groups excluding carboxylic acids is 2. The van der Waals surface area contributed by atoms with Gasteiger partial charge >= 0.3 is 0 Å². The van der Waals surface area contributed by atoms with E-state index in [0.29, 0.717) is 25.9 Å². The smallest absolute Gasteiger partial charge is 0.239 e. The molecule has 1 aliphatic heterocycles. The fraction of sp³-hybridized carbons (Fsp3) is 0.556. The molecule has 2 rings (SSSR count). The van der Waals surface area contributed by atoms with Gasteiger partial charge in [0.2, 0.25) is 11.8 Å². The fourth-order valence-corrected chi connectivity index (χ4v) is 2.87. The Balaban J connectivity index is 1.80. The first kappa shape index (κ1) is 17.3. The topological polar surface area (TPSA) is 58.6 Å². The second kappa shape index (κ2) is 8.56. The largest absolute Gasteiger partial charge is 0.496 e. The number of nitrogens with one attached hydrogen (secondary N) is 1. The van der Waals surface area contributed by atoms with E-state index < -0.39 is 0 Å². The number of ether oxygens (including phenoxy) is 1. The van der Waals surface area contributed by atoms with Gasteiger partial charge in [0.25, 0.3) is 0 Å². The van der Waals surface area contributed by atoms with E-state index in [2.05, 4.69) is 11.4 Å². The van der Waals surface area contributed by atoms with Crippen molar-refractivity contribution in [1.82, 2.24) is 10.2 Å². The predicted molar refractivity (Wildman–Crippen MR) is 89.5 cm³/mol. The van der Waals surface area contributed by atoms with E-state index in [-0.39, 0.29) is 18.4 Å². The van der Waals surface area contributed by atoms with E-state index in [1.54, 1.807) is 12.0 Å². The van der Waals surface area contributed by atoms with Crippen LogP contribution in [0.1, 0.15) is 36.8 Å². The Kier molecular flexibility index (Phi) is 6.44. The number of carbonyl (C=O) groups is 2. The summed E-state index contributed by atoms with van der Waals surface area (Å²) in [5.41, 5.74) is 2.25. The Labute approximate surface area is 138 Å². The van der Waals surface area contributed by atoms with Crippen LogP contribution in [-0.4, -0.2) is 43.5 Å². The normalized spacial score (nSPS) is 15.2. The highest BCUT2D eigenvalue weighted by atomic mass is 16.5. The lowest BCUT2D eigenvalue weighted by Gasteiger charge is -2.19. The van der Waals surface area contributed by atoms with Crippen LogP contribution in [0.25, 0.3) is 0 Å². The van der Waals surface area contributed by atoms with E-state index in [1.165, 1.54) is 5.56 Å². The van der Waals surface area contributed by atoms with Gasteiger partial charge in [-0.3, -0.25) is 9.59 Å². The molecule has 1 saturated heterocycles. The van der Waals surface area contributed by atoms with Crippen molar-refractivity contribution in [3.63, 3.8) is 0 Å². The molecule has 0 atom stereocenters. The molecule has 0 saturated carbocycles. The molecule has 23 heavy (non-hydrogen) atoms. The van der Waals surface area contributed by atoms with Crippen molar-refractivity contribution in [3.8, 4) is 5.75 Å². The van der Waals surface area contributed by atoms with Crippen LogP contribution >= 0.6 is 0 Å². The highest BCUT2D eigenvalue weighted by Gasteiger charge is 2.18. The molecule has 0 spiro atoms. The molecule has 0 aliphatic carbocycles. The van der Waals surface area contributed by atoms with Crippen LogP contribution in [-0.2, 0) is 16.0 Å². The third-order valence-electron chi connectivity index (χ3n) is 4.16. The van der Waals surface area contributed by atoms with Crippen molar-refractivity contribution in [2.45, 2.75) is 39.0 Å². The van der Waals surface area contributed by atoms with E-state index in [4.69, 9.17) is 4.74 Å². The average molecular weight is 318 g/mol. The fourth-order valence-electron chi connectivity index (χ4n) is 2.87. The highest BCUT2D eigenvalue weighted by Crippen LogP contribution is 2.19. The Morgan fingerprint density at radius 3 is 2.91 bits per heavy atom. The second-order valence-electron chi connectivity index (χ2n) is 6.04. The summed E-state index contributed by atoms with van der Waals surface area (Å²) in [6.45, 7) is 3.44. The summed E-state index contributed by atoms with van der Waals surface area (Å²) in [5, 5.41) is 2.90. The minimum Gasteiger partial charge on any atom is -0.496 e. The molecule has 5 heteroatoms. The van der Waals surface area contributed by atoms with Crippen molar-refractivity contribution in [2.24, 2.45) is 0 Å². The quantitative estimate of drug-likeness (QED) is 0.873. The Morgan fingerprint density at radius 1 is 1.30 bits per heavy atom. The van der Waals surface area contributed by atoms with Gasteiger partial charge in [-0.25, -0.2) is 0 Å². The van der Waals surface area contributed by atoms with Crippen LogP contribution in [0.5, 0.6) is 5.75 Å². The number of benzene rings is 1. The van der Waals surface area contributed by atoms with Gasteiger partial charge in [0.1, 0.15) is 5.75 Å². The van der Waals surface area contributed by atoms with Gasteiger partial charge in [0, 0.05) is 19.5 Å². The predicted octanol–water partition coefficient (Wildman–Crippen LogP) is 2.06. The van der Waals surface area contributed by atoms with Crippen LogP contribution < -0.4 is 10.1 Å². The summed E-state index contributed by atoms with van der Waals surface area (Å²) in [7, 11) is 1.65. The summed E-state index contributed by atoms with van der Waals surface area (Å²) in [4.78, 5) is 25.6. The summed E-state index contributed by atoms with van der Waals surface area (Å²) >= 11 is 0. The number of amides is 2. The number of methoxy groups -OCH3 is 1. The molecule has 0 aromatic heterocycles. The first-order valence-electron chi connectivity index (χ1n) is 8.28. The first-order valence-corrected chi connectivity index (χ1v) is 8.28. The molecule has 0 unspecified atom stereocenters. The Hall–Kier alpha value is -2.04. The zero-order valence-electron chi connectivity index (χ0n) is 14.1. The van der Waals surface area contributed by atoms with Gasteiger partial charge in [-0.2, -0.15) is 0 Å². The van der Waals surface area contributed by atoms with Crippen molar-refractivity contribution < 1.29 is 14.3 Å². The van der Waals surface area contributed by atoms with Gasteiger partial charge < -0.3 is 15.0 Å². The SMILES string of the molecule is COc1ccc(C)cc1CCNC(=O)CN1CCCCCC1=O. The number of nitrogens with zero attached hydrogens (tertiary/aromatic N) is 1. The van der Waals surface area contributed by atoms with Crippen molar-refractivity contribution >= 4 is 11.8 Å². The molecule has 0 radical (unpaired) electrons. The molecular formula is C18H26N2O3. The molecule has 1 heterocycles. The van der Waals surface area contributed by atoms with Crippen molar-refractivity contribution in [2.75, 3.05) is 26.7 Å². The van der Waals surface area contributed by atoms with Gasteiger partial charge in [-0.15, -0.1) is 0 Å². The zero-order chi connectivity index (χ0) is 16.7. The number of rotatable bonds is 6. The minimum absolute atomic E-state index is 0.0909. The minimum atomic E-state index is -0.0909. The van der Waals surface area contributed by atoms with Gasteiger partial charge in [-0.05, 0) is 37.8 Å². The lowest BCUT2D eigenvalue weighted by Crippen LogP contribution is -2.41. The lowest BCUT2D eigenvalue weighted by molar-refractivity contribution is -0.135. The molecule has 5 nitrogen and oxygen atoms in total. The van der Waals surface area contributed by atoms with E-state index in [1.807, 2.05) is 19.1 Å². The second-order valence-corrected chi connectivity index (χ2v) is 6.04. The molecule has 2 amide bonds. The van der Waals surface area contributed by atoms with Crippen molar-refractivity contribution in [1.29, 1.82) is 0 Å². The highest BCUT2D eigenvalue weighted by molar-refractivity contribution is 5.84. The number of hydrogen-bond acceptors (Lipinski definition) is 3. The molecular weight excluding hydrogens is 292 g/mol. The third-order valence-corrected chi connectivity index (χ3v) is 4.16. The maximum absolute atomic E-state index is 12.0. The maximum Gasteiger partial charge on any atom is 0.239 e. The first-order chi connectivity index (χ1) is 11.1. The van der Waals surface area contributed by atoms with Gasteiger partial charge in [0.05, 0.1) is 13.7 Å². The van der Waals surface area contributed by atoms with Crippen LogP contribution in [0.3, 0.4) is 0 Å². The van der Waals surface area contributed by atoms with Gasteiger partial charge in [0.15, 0.2) is 0 Å². The zero-order valence-corrected chi connectivity index (χ0v) is 14.1. The Morgan fingerprint density at radius 2 is 2.13 bits per heavy atom. The molecule has 1 aliphatic rings. The number of aryl methyl sites for hydroxylation is 1. The molecule has 1 fully saturated rings. The van der Waals surface area contributed by atoms with Gasteiger partial charge in [-0.1, -0.05) is 24.1 Å². The summed E-state index contributed by atoms with van der Waals surface area (Å²) in [5.74, 6) is 0.845. The van der Waals surface area contributed by atoms with E-state index >= 15 is 0 Å². The monoisotopic (exact) mass is 318 g/mol. The molecule has 1 aromatic carbocycles. The molecule has 1 N–H and O–H groups in total. The summed E-state index contributed by atoms with van der Waals surface area (Å²) in [6.07, 6.45) is 4.26. The number of likely N-dealkylation sites (tertiary alicyclic amines) is 1. The standard InChI is InChI=1S/C18H26N2O3/c1-14-7-8-16(23-2)15(12-14)9-10-19-17(21)13-20-11-5-3-4-6-18(20)22/h7-8,12H,3-6,9-11,13H2,1-2H3,(H,19,21). The van der Waals surface area contributed by atoms with E-state index in [0.717, 1.165) is 30.6 Å². The van der Waals surface area contributed by atoms with Crippen LogP contribution in [0.4, 0.5) is 0 Å². The van der Waals surface area contributed by atoms with Crippen molar-refractivity contribution in [3.05, 3.63) is 29.3 Å². The summed E-state index contributed by atoms with van der Waals surface area (Å²) in [6, 6.07) is 6.03. The third kappa shape index (κ3) is 5.27. The van der Waals surface area contributed by atoms with Crippen LogP contribution in [0.15, 0.2) is 18.2 Å². The van der Waals surface area contributed by atoms with Crippen LogP contribution in [0, 0.1) is 6.92 Å². The average Bonchev–Trinajstić information content (AvgIpc) is 2.72. The summed E-state index contributed by atoms with van der Waals surface area (Å²) < 4.78 is 5.34. The number of hydrogen-bond donors (Lipinski definition) is 1. The molecule has 0 bridgehead atoms. The molecule has 126 valence electrons.